The second kappa shape index (κ2) is 7.65. The van der Waals surface area contributed by atoms with Crippen LogP contribution in [0.5, 0.6) is 5.75 Å². The molecule has 0 aliphatic rings. The van der Waals surface area contributed by atoms with Crippen LogP contribution in [-0.2, 0) is 4.79 Å². The number of phenols is 1. The molecule has 0 unspecified atom stereocenters. The summed E-state index contributed by atoms with van der Waals surface area (Å²) in [4.78, 5) is 24.9. The number of carboxylic acid groups (broad SMARTS) is 1. The molecule has 0 aliphatic carbocycles. The van der Waals surface area contributed by atoms with Gasteiger partial charge in [0.2, 0.25) is 0 Å². The molecule has 0 bridgehead atoms. The Balaban J connectivity index is 2.24. The Morgan fingerprint density at radius 2 is 1.61 bits per heavy atom. The van der Waals surface area contributed by atoms with Gasteiger partial charge in [0, 0.05) is 29.2 Å². The lowest BCUT2D eigenvalue weighted by Crippen LogP contribution is -2.32. The van der Waals surface area contributed by atoms with Crippen LogP contribution in [0.2, 0.25) is 5.02 Å². The van der Waals surface area contributed by atoms with E-state index in [-0.39, 0.29) is 24.6 Å². The summed E-state index contributed by atoms with van der Waals surface area (Å²) in [5.41, 5.74) is 1.05. The molecule has 0 saturated carbocycles. The van der Waals surface area contributed by atoms with E-state index in [0.717, 1.165) is 0 Å². The highest BCUT2D eigenvalue weighted by Crippen LogP contribution is 2.22. The smallest absolute Gasteiger partial charge is 0.303 e. The minimum Gasteiger partial charge on any atom is -0.508 e. The van der Waals surface area contributed by atoms with Crippen molar-refractivity contribution in [1.29, 1.82) is 0 Å². The number of halogens is 1. The highest BCUT2D eigenvalue weighted by Gasteiger charge is 2.18. The zero-order valence-corrected chi connectivity index (χ0v) is 13.0. The first-order chi connectivity index (χ1) is 11.0. The lowest BCUT2D eigenvalue weighted by Gasteiger charge is -2.23. The Morgan fingerprint density at radius 1 is 1.00 bits per heavy atom. The van der Waals surface area contributed by atoms with Crippen molar-refractivity contribution in [3.63, 3.8) is 0 Å². The molecule has 0 radical (unpaired) electrons. The van der Waals surface area contributed by atoms with Gasteiger partial charge in [0.25, 0.3) is 5.91 Å². The van der Waals surface area contributed by atoms with Gasteiger partial charge in [0.15, 0.2) is 0 Å². The number of aliphatic carboxylic acids is 1. The van der Waals surface area contributed by atoms with Gasteiger partial charge in [-0.05, 0) is 55.0 Å². The number of carbonyl (C=O) groups excluding carboxylic acids is 1. The van der Waals surface area contributed by atoms with Gasteiger partial charge in [-0.15, -0.1) is 0 Å². The Labute approximate surface area is 138 Å². The number of benzene rings is 2. The number of hydrogen-bond acceptors (Lipinski definition) is 3. The fraction of sp³-hybridized carbons (Fsp3) is 0.176. The quantitative estimate of drug-likeness (QED) is 0.847. The highest BCUT2D eigenvalue weighted by molar-refractivity contribution is 6.30. The Morgan fingerprint density at radius 3 is 2.17 bits per heavy atom. The normalized spacial score (nSPS) is 10.3. The molecule has 23 heavy (non-hydrogen) atoms. The zero-order chi connectivity index (χ0) is 16.8. The summed E-state index contributed by atoms with van der Waals surface area (Å²) in [6, 6.07) is 12.7. The topological polar surface area (TPSA) is 77.8 Å². The summed E-state index contributed by atoms with van der Waals surface area (Å²) in [6.45, 7) is 0.262. The average Bonchev–Trinajstić information content (AvgIpc) is 2.52. The third-order valence-corrected chi connectivity index (χ3v) is 3.52. The number of hydrogen-bond donors (Lipinski definition) is 2. The van der Waals surface area contributed by atoms with Crippen LogP contribution in [-0.4, -0.2) is 28.6 Å². The minimum absolute atomic E-state index is 0.0253. The molecule has 2 aromatic rings. The molecule has 0 aromatic heterocycles. The van der Waals surface area contributed by atoms with E-state index in [1.165, 1.54) is 17.0 Å². The van der Waals surface area contributed by atoms with E-state index < -0.39 is 5.97 Å². The van der Waals surface area contributed by atoms with Crippen molar-refractivity contribution in [2.45, 2.75) is 12.8 Å². The molecule has 2 N–H and O–H groups in total. The van der Waals surface area contributed by atoms with Crippen LogP contribution in [0.3, 0.4) is 0 Å². The number of anilines is 1. The first-order valence-electron chi connectivity index (χ1n) is 7.05. The van der Waals surface area contributed by atoms with Gasteiger partial charge in [-0.3, -0.25) is 9.59 Å². The van der Waals surface area contributed by atoms with Crippen LogP contribution in [0, 0.1) is 0 Å². The fourth-order valence-corrected chi connectivity index (χ4v) is 2.24. The van der Waals surface area contributed by atoms with Crippen LogP contribution in [0.4, 0.5) is 5.69 Å². The molecular formula is C17H16ClNO4. The Hall–Kier alpha value is -2.53. The third kappa shape index (κ3) is 4.72. The molecule has 0 heterocycles. The maximum atomic E-state index is 12.7. The summed E-state index contributed by atoms with van der Waals surface area (Å²) in [5.74, 6) is -1.06. The minimum atomic E-state index is -0.908. The van der Waals surface area contributed by atoms with Gasteiger partial charge in [0.1, 0.15) is 5.75 Å². The second-order valence-corrected chi connectivity index (χ2v) is 5.41. The number of carbonyl (C=O) groups is 2. The van der Waals surface area contributed by atoms with E-state index in [1.807, 2.05) is 0 Å². The maximum Gasteiger partial charge on any atom is 0.303 e. The maximum absolute atomic E-state index is 12.7. The molecular weight excluding hydrogens is 318 g/mol. The second-order valence-electron chi connectivity index (χ2n) is 4.98. The van der Waals surface area contributed by atoms with Gasteiger partial charge in [-0.1, -0.05) is 11.6 Å². The number of nitrogens with zero attached hydrogens (tertiary/aromatic N) is 1. The SMILES string of the molecule is O=C(O)CCCN(C(=O)c1ccc(Cl)cc1)c1ccc(O)cc1. The van der Waals surface area contributed by atoms with Crippen LogP contribution in [0.25, 0.3) is 0 Å². The number of carboxylic acids is 1. The summed E-state index contributed by atoms with van der Waals surface area (Å²) in [7, 11) is 0. The van der Waals surface area contributed by atoms with E-state index in [0.29, 0.717) is 22.7 Å². The fourth-order valence-electron chi connectivity index (χ4n) is 2.12. The summed E-state index contributed by atoms with van der Waals surface area (Å²) in [5, 5.41) is 18.7. The first kappa shape index (κ1) is 16.8. The van der Waals surface area contributed by atoms with Crippen molar-refractivity contribution in [3.8, 4) is 5.75 Å². The lowest BCUT2D eigenvalue weighted by molar-refractivity contribution is -0.137. The molecule has 2 rings (SSSR count). The lowest BCUT2D eigenvalue weighted by atomic mass is 10.1. The van der Waals surface area contributed by atoms with Gasteiger partial charge in [0.05, 0.1) is 0 Å². The molecule has 2 aromatic carbocycles. The molecule has 0 spiro atoms. The van der Waals surface area contributed by atoms with Gasteiger partial charge in [-0.25, -0.2) is 0 Å². The Kier molecular flexibility index (Phi) is 5.60. The molecule has 0 aliphatic heterocycles. The van der Waals surface area contributed by atoms with Gasteiger partial charge < -0.3 is 15.1 Å². The summed E-state index contributed by atoms with van der Waals surface area (Å²) in [6.07, 6.45) is 0.304. The van der Waals surface area contributed by atoms with Crippen LogP contribution in [0.1, 0.15) is 23.2 Å². The largest absolute Gasteiger partial charge is 0.508 e. The zero-order valence-electron chi connectivity index (χ0n) is 12.3. The van der Waals surface area contributed by atoms with E-state index in [2.05, 4.69) is 0 Å². The van der Waals surface area contributed by atoms with Crippen LogP contribution < -0.4 is 4.90 Å². The number of phenolic OH excluding ortho intramolecular Hbond substituents is 1. The van der Waals surface area contributed by atoms with E-state index in [1.54, 1.807) is 36.4 Å². The van der Waals surface area contributed by atoms with Crippen molar-refractivity contribution < 1.29 is 19.8 Å². The van der Waals surface area contributed by atoms with Gasteiger partial charge >= 0.3 is 5.97 Å². The number of rotatable bonds is 6. The van der Waals surface area contributed by atoms with Crippen LogP contribution >= 0.6 is 11.6 Å². The molecule has 5 nitrogen and oxygen atoms in total. The van der Waals surface area contributed by atoms with Crippen molar-refractivity contribution >= 4 is 29.2 Å². The van der Waals surface area contributed by atoms with E-state index in [9.17, 15) is 14.7 Å². The number of amides is 1. The van der Waals surface area contributed by atoms with E-state index >= 15 is 0 Å². The third-order valence-electron chi connectivity index (χ3n) is 3.27. The van der Waals surface area contributed by atoms with Crippen LogP contribution in [0.15, 0.2) is 48.5 Å². The Bertz CT molecular complexity index is 683. The number of aromatic hydroxyl groups is 1. The molecule has 1 amide bonds. The van der Waals surface area contributed by atoms with Crippen molar-refractivity contribution in [2.75, 3.05) is 11.4 Å². The monoisotopic (exact) mass is 333 g/mol. The summed E-state index contributed by atoms with van der Waals surface area (Å²) < 4.78 is 0. The van der Waals surface area contributed by atoms with Crippen molar-refractivity contribution in [3.05, 3.63) is 59.1 Å². The molecule has 0 atom stereocenters. The average molecular weight is 334 g/mol. The summed E-state index contributed by atoms with van der Waals surface area (Å²) >= 11 is 5.83. The predicted molar refractivity (Wildman–Crippen MR) is 88.1 cm³/mol. The van der Waals surface area contributed by atoms with Crippen molar-refractivity contribution in [1.82, 2.24) is 0 Å². The molecule has 0 saturated heterocycles. The van der Waals surface area contributed by atoms with Gasteiger partial charge in [-0.2, -0.15) is 0 Å². The first-order valence-corrected chi connectivity index (χ1v) is 7.43. The van der Waals surface area contributed by atoms with E-state index in [4.69, 9.17) is 16.7 Å². The molecule has 120 valence electrons. The molecule has 6 heteroatoms. The predicted octanol–water partition coefficient (Wildman–Crippen LogP) is 3.56. The molecule has 0 fully saturated rings. The standard InChI is InChI=1S/C17H16ClNO4/c18-13-5-3-12(4-6-13)17(23)19(11-1-2-16(21)22)14-7-9-15(20)10-8-14/h3-10,20H,1-2,11H2,(H,21,22). The van der Waals surface area contributed by atoms with Crippen molar-refractivity contribution in [2.24, 2.45) is 0 Å². The highest BCUT2D eigenvalue weighted by atomic mass is 35.5.